The number of hydrogen-bond donors (Lipinski definition) is 0. The third-order valence-corrected chi connectivity index (χ3v) is 24.2. The molecule has 0 saturated heterocycles. The van der Waals surface area contributed by atoms with Gasteiger partial charge in [-0.15, -0.1) is 0 Å². The van der Waals surface area contributed by atoms with E-state index in [9.17, 15) is 5.48 Å². The highest BCUT2D eigenvalue weighted by Crippen LogP contribution is 2.65. The van der Waals surface area contributed by atoms with Crippen LogP contribution in [0.15, 0.2) is 376 Å². The van der Waals surface area contributed by atoms with E-state index in [0.29, 0.717) is 34.0 Å². The molecular weight excluding hydrogens is 1340 g/mol. The molecule has 17 aromatic rings. The summed E-state index contributed by atoms with van der Waals surface area (Å²) in [4.78, 5) is 6.95. The van der Waals surface area contributed by atoms with Gasteiger partial charge in [0.05, 0.1) is 30.5 Å². The molecular formula is C105H71B2N3O. The summed E-state index contributed by atoms with van der Waals surface area (Å²) in [5.74, 6) is 1.27. The van der Waals surface area contributed by atoms with Crippen LogP contribution in [0.3, 0.4) is 0 Å². The van der Waals surface area contributed by atoms with Crippen molar-refractivity contribution in [3.05, 3.63) is 404 Å². The van der Waals surface area contributed by atoms with Crippen molar-refractivity contribution >= 4 is 108 Å². The minimum absolute atomic E-state index is 0.0321. The summed E-state index contributed by atoms with van der Waals surface area (Å²) in [6.07, 6.45) is 0. The smallest absolute Gasteiger partial charge is 0.256 e. The first-order valence-corrected chi connectivity index (χ1v) is 38.1. The van der Waals surface area contributed by atoms with Crippen LogP contribution in [-0.4, -0.2) is 13.4 Å². The first-order valence-electron chi connectivity index (χ1n) is 43.1. The Balaban J connectivity index is 0.820. The quantitative estimate of drug-likeness (QED) is 0.141. The van der Waals surface area contributed by atoms with Gasteiger partial charge in [-0.3, -0.25) is 0 Å². The van der Waals surface area contributed by atoms with Gasteiger partial charge in [0.25, 0.3) is 13.4 Å². The molecule has 0 fully saturated rings. The van der Waals surface area contributed by atoms with Gasteiger partial charge in [-0.1, -0.05) is 318 Å². The number of rotatable bonds is 8. The SMILES string of the molecule is [2H]c1c([2H])c([2H])c(-c2ccc(N3c4cc5c(cc4B4c6ccccc6N(c6ccccc6)c6cc(-c7c([2H])c([2H])c([2H])c([2H])c7[2H])cc3c64)B3c4ccccc4N(c4c(-c6ccccc6)cc(C(C)(C)C)cc4-c4ccccc4)c4c3c(cc3cc(-c6cccc7c6C6(c8ccccc8-c8ccccc86)c6ccccc6-7)ccc43)O5)cc2)c([2H])c1[2H]. The fourth-order valence-corrected chi connectivity index (χ4v) is 19.6. The van der Waals surface area contributed by atoms with Crippen LogP contribution in [0.2, 0.25) is 0 Å². The van der Waals surface area contributed by atoms with Crippen molar-refractivity contribution in [3.8, 4) is 89.4 Å². The van der Waals surface area contributed by atoms with Crippen LogP contribution in [0.4, 0.5) is 51.2 Å². The number of fused-ring (bicyclic) bond motifs is 20. The Kier molecular flexibility index (Phi) is 11.8. The molecule has 111 heavy (non-hydrogen) atoms. The molecule has 2 aliphatic carbocycles. The number of para-hydroxylation sites is 3. The van der Waals surface area contributed by atoms with Gasteiger partial charge in [-0.05, 0) is 211 Å². The van der Waals surface area contributed by atoms with E-state index >= 15 is 0 Å². The van der Waals surface area contributed by atoms with Crippen LogP contribution < -0.4 is 52.2 Å². The Labute approximate surface area is 662 Å². The highest BCUT2D eigenvalue weighted by Gasteiger charge is 2.54. The molecule has 518 valence electrons. The maximum atomic E-state index is 9.66. The standard InChI is InChI=1S/C105H71B2N3O/c1-104(2,3)74-62-83(69-34-13-6-14-35-69)102(84(63-74)70-36-15-7-16-37-70)110-93-51-28-26-49-89(93)107-91-64-90-94(109(76-55-52-68(53-56-76)66-30-9-4-10-31-66)96-60-72(67-32-11-5-12-33-67)59-95-100(96)106(90)88-48-25-27-50-92(88)108(95)75-38-17-8-18-39-75)65-97(91)111-98-61-73-58-71(54-57-78(73)103(110)101(98)107)77-43-29-44-82-81-42-21-24-47-87(81)105(99(77)82)85-45-22-19-40-79(85)80-41-20-23-46-86(80)105/h4-65H,1-3H3/i4D,5D,9D,10D,11D,12D,30D,31D,32D,33D. The Morgan fingerprint density at radius 2 is 0.793 bits per heavy atom. The first kappa shape index (κ1) is 54.0. The summed E-state index contributed by atoms with van der Waals surface area (Å²) in [5.41, 5.74) is 30.8. The molecule has 0 unspecified atom stereocenters. The van der Waals surface area contributed by atoms with Crippen molar-refractivity contribution in [1.82, 2.24) is 0 Å². The summed E-state index contributed by atoms with van der Waals surface area (Å²) in [6, 6.07) is 109. The molecule has 0 atom stereocenters. The number of ether oxygens (including phenoxy) is 1. The predicted octanol–water partition coefficient (Wildman–Crippen LogP) is 23.3. The Bertz CT molecular complexity index is 7220. The number of anilines is 9. The van der Waals surface area contributed by atoms with Gasteiger partial charge >= 0.3 is 0 Å². The van der Waals surface area contributed by atoms with Crippen molar-refractivity contribution in [2.75, 3.05) is 14.7 Å². The average Bonchev–Trinajstić information content (AvgIpc) is 1.59. The van der Waals surface area contributed by atoms with E-state index < -0.39 is 55.1 Å². The van der Waals surface area contributed by atoms with E-state index in [2.05, 4.69) is 290 Å². The van der Waals surface area contributed by atoms with E-state index in [-0.39, 0.29) is 40.7 Å². The summed E-state index contributed by atoms with van der Waals surface area (Å²) in [6.45, 7) is 5.91. The maximum Gasteiger partial charge on any atom is 0.256 e. The van der Waals surface area contributed by atoms with Gasteiger partial charge < -0.3 is 19.4 Å². The number of nitrogens with zero attached hydrogens (tertiary/aromatic N) is 3. The van der Waals surface area contributed by atoms with E-state index in [1.54, 1.807) is 12.1 Å². The average molecular weight is 1420 g/mol. The molecule has 6 aliphatic rings. The monoisotopic (exact) mass is 1420 g/mol. The normalized spacial score (nSPS) is 15.0. The lowest BCUT2D eigenvalue weighted by Gasteiger charge is -2.46. The van der Waals surface area contributed by atoms with E-state index in [1.807, 2.05) is 48.5 Å². The molecule has 0 aromatic heterocycles. The van der Waals surface area contributed by atoms with Crippen molar-refractivity contribution in [1.29, 1.82) is 0 Å². The van der Waals surface area contributed by atoms with Crippen LogP contribution in [0.1, 0.15) is 62.3 Å². The van der Waals surface area contributed by atoms with Crippen LogP contribution in [0, 0.1) is 0 Å². The van der Waals surface area contributed by atoms with Crippen molar-refractivity contribution < 1.29 is 18.4 Å². The topological polar surface area (TPSA) is 19.0 Å². The molecule has 17 aromatic carbocycles. The zero-order chi connectivity index (χ0) is 82.1. The molecule has 23 rings (SSSR count). The fraction of sp³-hybridized carbons (Fsp3) is 0.0476. The van der Waals surface area contributed by atoms with E-state index in [1.165, 1.54) is 50.1 Å². The minimum Gasteiger partial charge on any atom is -0.458 e. The van der Waals surface area contributed by atoms with E-state index in [4.69, 9.17) is 13.0 Å². The molecule has 4 nitrogen and oxygen atoms in total. The molecule has 0 amide bonds. The van der Waals surface area contributed by atoms with Gasteiger partial charge in [-0.25, -0.2) is 0 Å². The van der Waals surface area contributed by atoms with Crippen molar-refractivity contribution in [2.24, 2.45) is 0 Å². The Morgan fingerprint density at radius 1 is 0.306 bits per heavy atom. The van der Waals surface area contributed by atoms with Crippen LogP contribution in [0.5, 0.6) is 11.5 Å². The van der Waals surface area contributed by atoms with Gasteiger partial charge in [0, 0.05) is 62.4 Å². The molecule has 0 saturated carbocycles. The second-order valence-corrected chi connectivity index (χ2v) is 30.9. The summed E-state index contributed by atoms with van der Waals surface area (Å²) in [7, 11) is 0. The molecule has 6 heteroatoms. The largest absolute Gasteiger partial charge is 0.458 e. The molecule has 4 heterocycles. The second kappa shape index (κ2) is 24.2. The summed E-state index contributed by atoms with van der Waals surface area (Å²) < 4.78 is 98.9. The zero-order valence-electron chi connectivity index (χ0n) is 70.9. The highest BCUT2D eigenvalue weighted by molar-refractivity contribution is 7.02. The zero-order valence-corrected chi connectivity index (χ0v) is 60.9. The number of benzene rings is 17. The summed E-state index contributed by atoms with van der Waals surface area (Å²) in [5, 5.41) is 1.99. The van der Waals surface area contributed by atoms with Crippen molar-refractivity contribution in [2.45, 2.75) is 31.6 Å². The Hall–Kier alpha value is -13.7. The lowest BCUT2D eigenvalue weighted by Crippen LogP contribution is -2.64. The number of hydrogen-bond acceptors (Lipinski definition) is 4. The fourth-order valence-electron chi connectivity index (χ4n) is 19.6. The van der Waals surface area contributed by atoms with Crippen LogP contribution >= 0.6 is 0 Å². The molecule has 0 radical (unpaired) electrons. The van der Waals surface area contributed by atoms with Crippen LogP contribution in [0.25, 0.3) is 88.7 Å². The molecule has 0 N–H and O–H groups in total. The molecule has 4 aliphatic heterocycles. The Morgan fingerprint density at radius 3 is 1.40 bits per heavy atom. The summed E-state index contributed by atoms with van der Waals surface area (Å²) >= 11 is 0. The first-order chi connectivity index (χ1) is 58.9. The van der Waals surface area contributed by atoms with Crippen molar-refractivity contribution in [3.63, 3.8) is 0 Å². The van der Waals surface area contributed by atoms with Gasteiger partial charge in [-0.2, -0.15) is 0 Å². The minimum atomic E-state index is -0.641. The highest BCUT2D eigenvalue weighted by atomic mass is 16.5. The second-order valence-electron chi connectivity index (χ2n) is 30.9. The lowest BCUT2D eigenvalue weighted by molar-refractivity contribution is 0.488. The third-order valence-electron chi connectivity index (χ3n) is 24.2. The molecule has 0 bridgehead atoms. The lowest BCUT2D eigenvalue weighted by atomic mass is 9.30. The maximum absolute atomic E-state index is 9.66. The van der Waals surface area contributed by atoms with Gasteiger partial charge in [0.2, 0.25) is 0 Å². The third kappa shape index (κ3) is 9.25. The van der Waals surface area contributed by atoms with Gasteiger partial charge in [0.1, 0.15) is 11.5 Å². The van der Waals surface area contributed by atoms with Gasteiger partial charge in [0.15, 0.2) is 0 Å². The predicted molar refractivity (Wildman–Crippen MR) is 466 cm³/mol. The van der Waals surface area contributed by atoms with E-state index in [0.717, 1.165) is 117 Å². The molecule has 1 spiro atoms. The van der Waals surface area contributed by atoms with Crippen LogP contribution in [-0.2, 0) is 10.8 Å².